The van der Waals surface area contributed by atoms with E-state index in [9.17, 15) is 5.11 Å². The molecule has 0 spiro atoms. The second-order valence-corrected chi connectivity index (χ2v) is 2.94. The molecule has 0 heterocycles. The summed E-state index contributed by atoms with van der Waals surface area (Å²) in [6, 6.07) is 9.38. The molecule has 1 rings (SSSR count). The summed E-state index contributed by atoms with van der Waals surface area (Å²) < 4.78 is 5.44. The van der Waals surface area contributed by atoms with E-state index in [2.05, 4.69) is 0 Å². The number of hydrogen-bond acceptors (Lipinski definition) is 3. The van der Waals surface area contributed by atoms with E-state index in [-0.39, 0.29) is 12.6 Å². The highest BCUT2D eigenvalue weighted by Crippen LogP contribution is 2.11. The van der Waals surface area contributed by atoms with E-state index in [0.717, 1.165) is 5.75 Å². The molecule has 0 fully saturated rings. The van der Waals surface area contributed by atoms with Crippen molar-refractivity contribution in [2.24, 2.45) is 5.73 Å². The van der Waals surface area contributed by atoms with Crippen molar-refractivity contribution in [1.29, 1.82) is 0 Å². The maximum absolute atomic E-state index is 9.34. The van der Waals surface area contributed by atoms with Crippen LogP contribution in [0.5, 0.6) is 5.75 Å². The van der Waals surface area contributed by atoms with Gasteiger partial charge in [-0.3, -0.25) is 0 Å². The molecule has 3 heteroatoms. The van der Waals surface area contributed by atoms with Crippen molar-refractivity contribution < 1.29 is 9.84 Å². The number of benzene rings is 1. The molecule has 0 aromatic heterocycles. The molecule has 2 atom stereocenters. The zero-order valence-electron chi connectivity index (χ0n) is 7.68. The smallest absolute Gasteiger partial charge is 0.123 e. The van der Waals surface area contributed by atoms with Gasteiger partial charge in [0.05, 0.1) is 0 Å². The molecule has 2 unspecified atom stereocenters. The van der Waals surface area contributed by atoms with E-state index in [1.165, 1.54) is 0 Å². The Morgan fingerprint density at radius 2 is 2.00 bits per heavy atom. The number of aliphatic hydroxyl groups is 1. The zero-order chi connectivity index (χ0) is 9.68. The first-order valence-corrected chi connectivity index (χ1v) is 4.34. The highest BCUT2D eigenvalue weighted by atomic mass is 16.5. The first kappa shape index (κ1) is 10.0. The Morgan fingerprint density at radius 1 is 1.38 bits per heavy atom. The topological polar surface area (TPSA) is 55.5 Å². The number of hydrogen-bond donors (Lipinski definition) is 2. The molecule has 0 saturated carbocycles. The van der Waals surface area contributed by atoms with E-state index in [1.54, 1.807) is 6.92 Å². The fourth-order valence-corrected chi connectivity index (χ4v) is 0.984. The first-order chi connectivity index (χ1) is 6.24. The molecular formula is C10H15NO2. The van der Waals surface area contributed by atoms with E-state index in [4.69, 9.17) is 10.5 Å². The van der Waals surface area contributed by atoms with Gasteiger partial charge in [0.25, 0.3) is 0 Å². The molecule has 1 aromatic carbocycles. The number of rotatable bonds is 4. The van der Waals surface area contributed by atoms with Crippen molar-refractivity contribution in [1.82, 2.24) is 0 Å². The van der Waals surface area contributed by atoms with Crippen molar-refractivity contribution >= 4 is 0 Å². The van der Waals surface area contributed by atoms with Gasteiger partial charge in [0.2, 0.25) is 0 Å². The molecule has 0 aliphatic rings. The Morgan fingerprint density at radius 3 is 2.54 bits per heavy atom. The fourth-order valence-electron chi connectivity index (χ4n) is 0.984. The SMILES string of the molecule is CC(Oc1ccccc1)C(O)CN. The van der Waals surface area contributed by atoms with E-state index in [0.29, 0.717) is 0 Å². The van der Waals surface area contributed by atoms with Crippen molar-refractivity contribution in [3.05, 3.63) is 30.3 Å². The van der Waals surface area contributed by atoms with E-state index >= 15 is 0 Å². The number of para-hydroxylation sites is 1. The Bertz CT molecular complexity index is 238. The molecule has 0 radical (unpaired) electrons. The summed E-state index contributed by atoms with van der Waals surface area (Å²) in [5.41, 5.74) is 5.30. The van der Waals surface area contributed by atoms with Gasteiger partial charge in [-0.1, -0.05) is 18.2 Å². The second-order valence-electron chi connectivity index (χ2n) is 2.94. The maximum Gasteiger partial charge on any atom is 0.123 e. The van der Waals surface area contributed by atoms with Crippen LogP contribution in [-0.4, -0.2) is 23.9 Å². The molecule has 3 nitrogen and oxygen atoms in total. The minimum absolute atomic E-state index is 0.216. The van der Waals surface area contributed by atoms with Gasteiger partial charge in [0, 0.05) is 6.54 Å². The van der Waals surface area contributed by atoms with Crippen molar-refractivity contribution in [3.8, 4) is 5.75 Å². The third kappa shape index (κ3) is 3.05. The standard InChI is InChI=1S/C10H15NO2/c1-8(10(12)7-11)13-9-5-3-2-4-6-9/h2-6,8,10,12H,7,11H2,1H3. The molecule has 0 aliphatic carbocycles. The highest BCUT2D eigenvalue weighted by molar-refractivity contribution is 5.21. The summed E-state index contributed by atoms with van der Waals surface area (Å²) >= 11 is 0. The van der Waals surface area contributed by atoms with E-state index in [1.807, 2.05) is 30.3 Å². The number of nitrogens with two attached hydrogens (primary N) is 1. The van der Waals surface area contributed by atoms with E-state index < -0.39 is 6.10 Å². The van der Waals surface area contributed by atoms with Gasteiger partial charge in [0.1, 0.15) is 18.0 Å². The van der Waals surface area contributed by atoms with Crippen LogP contribution < -0.4 is 10.5 Å². The van der Waals surface area contributed by atoms with Crippen molar-refractivity contribution in [2.75, 3.05) is 6.54 Å². The molecule has 0 amide bonds. The molecule has 72 valence electrons. The lowest BCUT2D eigenvalue weighted by Gasteiger charge is -2.18. The Balaban J connectivity index is 2.50. The first-order valence-electron chi connectivity index (χ1n) is 4.34. The van der Waals surface area contributed by atoms with Crippen molar-refractivity contribution in [3.63, 3.8) is 0 Å². The summed E-state index contributed by atoms with van der Waals surface area (Å²) in [4.78, 5) is 0. The van der Waals surface area contributed by atoms with Crippen LogP contribution in [0.3, 0.4) is 0 Å². The van der Waals surface area contributed by atoms with Crippen LogP contribution in [0.2, 0.25) is 0 Å². The summed E-state index contributed by atoms with van der Waals surface area (Å²) in [7, 11) is 0. The normalized spacial score (nSPS) is 15.0. The van der Waals surface area contributed by atoms with Crippen LogP contribution in [-0.2, 0) is 0 Å². The van der Waals surface area contributed by atoms with Gasteiger partial charge >= 0.3 is 0 Å². The molecule has 0 bridgehead atoms. The molecule has 1 aromatic rings. The second kappa shape index (κ2) is 4.84. The summed E-state index contributed by atoms with van der Waals surface area (Å²) in [5.74, 6) is 0.752. The Labute approximate surface area is 78.1 Å². The third-order valence-electron chi connectivity index (χ3n) is 1.85. The molecule has 3 N–H and O–H groups in total. The maximum atomic E-state index is 9.34. The van der Waals surface area contributed by atoms with Crippen LogP contribution in [0, 0.1) is 0 Å². The number of ether oxygens (including phenoxy) is 1. The van der Waals surface area contributed by atoms with Crippen LogP contribution in [0.25, 0.3) is 0 Å². The Hall–Kier alpha value is -1.06. The zero-order valence-corrected chi connectivity index (χ0v) is 7.68. The monoisotopic (exact) mass is 181 g/mol. The largest absolute Gasteiger partial charge is 0.488 e. The molecule has 0 aliphatic heterocycles. The van der Waals surface area contributed by atoms with Crippen molar-refractivity contribution in [2.45, 2.75) is 19.1 Å². The predicted octanol–water partition coefficient (Wildman–Crippen LogP) is 0.774. The van der Waals surface area contributed by atoms with Gasteiger partial charge in [-0.25, -0.2) is 0 Å². The molecule has 13 heavy (non-hydrogen) atoms. The summed E-state index contributed by atoms with van der Waals surface area (Å²) in [6.07, 6.45) is -0.882. The van der Waals surface area contributed by atoms with Crippen LogP contribution in [0.4, 0.5) is 0 Å². The quantitative estimate of drug-likeness (QED) is 0.721. The third-order valence-corrected chi connectivity index (χ3v) is 1.85. The lowest BCUT2D eigenvalue weighted by molar-refractivity contribution is 0.0536. The summed E-state index contributed by atoms with van der Waals surface area (Å²) in [6.45, 7) is 2.01. The predicted molar refractivity (Wildman–Crippen MR) is 51.6 cm³/mol. The average molecular weight is 181 g/mol. The minimum atomic E-state index is -0.611. The number of aliphatic hydroxyl groups excluding tert-OH is 1. The summed E-state index contributed by atoms with van der Waals surface area (Å²) in [5, 5.41) is 9.34. The van der Waals surface area contributed by atoms with Gasteiger partial charge in [-0.05, 0) is 19.1 Å². The van der Waals surface area contributed by atoms with Gasteiger partial charge in [-0.15, -0.1) is 0 Å². The lowest BCUT2D eigenvalue weighted by Crippen LogP contribution is -2.35. The highest BCUT2D eigenvalue weighted by Gasteiger charge is 2.13. The minimum Gasteiger partial charge on any atom is -0.488 e. The van der Waals surface area contributed by atoms with Gasteiger partial charge in [0.15, 0.2) is 0 Å². The average Bonchev–Trinajstić information content (AvgIpc) is 2.18. The van der Waals surface area contributed by atoms with Crippen LogP contribution >= 0.6 is 0 Å². The van der Waals surface area contributed by atoms with Gasteiger partial charge < -0.3 is 15.6 Å². The Kier molecular flexibility index (Phi) is 3.73. The van der Waals surface area contributed by atoms with Crippen LogP contribution in [0.15, 0.2) is 30.3 Å². The molecular weight excluding hydrogens is 166 g/mol. The lowest BCUT2D eigenvalue weighted by atomic mass is 10.2. The van der Waals surface area contributed by atoms with Gasteiger partial charge in [-0.2, -0.15) is 0 Å². The van der Waals surface area contributed by atoms with Crippen LogP contribution in [0.1, 0.15) is 6.92 Å². The fraction of sp³-hybridized carbons (Fsp3) is 0.400. The molecule has 0 saturated heterocycles.